The molecule has 4 aliphatic heterocycles. The molecule has 0 N–H and O–H groups in total. The number of ether oxygens (including phenoxy) is 2. The number of rotatable bonds is 7. The molecule has 11 heteroatoms. The van der Waals surface area contributed by atoms with Gasteiger partial charge in [-0.15, -0.1) is 16.5 Å². The number of esters is 2. The van der Waals surface area contributed by atoms with E-state index < -0.39 is 0 Å². The number of ketones is 1. The van der Waals surface area contributed by atoms with Crippen LogP contribution in [0, 0.1) is 6.92 Å². The number of aromatic nitrogens is 1. The first kappa shape index (κ1) is 35.3. The quantitative estimate of drug-likeness (QED) is 0.246. The molecule has 1 aromatic heterocycles. The smallest absolute Gasteiger partial charge is 0.875 e. The van der Waals surface area contributed by atoms with Gasteiger partial charge < -0.3 is 19.6 Å². The number of methoxy groups -OCH3 is 2. The van der Waals surface area contributed by atoms with Crippen molar-refractivity contribution < 1.29 is 46.0 Å². The molecule has 0 aliphatic carbocycles. The molecule has 5 rings (SSSR count). The van der Waals surface area contributed by atoms with E-state index in [0.29, 0.717) is 80.1 Å². The van der Waals surface area contributed by atoms with Gasteiger partial charge in [-0.3, -0.25) is 14.4 Å². The molecule has 1 aromatic rings. The number of hydrogen-bond donors (Lipinski definition) is 0. The van der Waals surface area contributed by atoms with E-state index >= 15 is 0 Å². The monoisotopic (exact) mass is 676 g/mol. The molecule has 0 fully saturated rings. The topological polar surface area (TPSA) is 144 Å². The van der Waals surface area contributed by atoms with Crippen molar-refractivity contribution in [1.29, 1.82) is 0 Å². The van der Waals surface area contributed by atoms with Gasteiger partial charge in [-0.1, -0.05) is 30.2 Å². The van der Waals surface area contributed by atoms with Crippen LogP contribution in [0.3, 0.4) is 0 Å². The largest absolute Gasteiger partial charge is 2.00 e. The van der Waals surface area contributed by atoms with E-state index in [-0.39, 0.29) is 53.4 Å². The molecule has 8 bridgehead atoms. The van der Waals surface area contributed by atoms with Crippen molar-refractivity contribution in [3.8, 4) is 0 Å². The number of allylic oxidation sites excluding steroid dienone is 9. The number of aliphatic imine (C=N–C) groups is 3. The Labute approximate surface area is 284 Å². The Morgan fingerprint density at radius 1 is 0.745 bits per heavy atom. The summed E-state index contributed by atoms with van der Waals surface area (Å²) in [6, 6.07) is 0. The molecule has 244 valence electrons. The van der Waals surface area contributed by atoms with Gasteiger partial charge in [0.2, 0.25) is 0 Å². The molecule has 10 nitrogen and oxygen atoms in total. The zero-order valence-electron chi connectivity index (χ0n) is 27.7. The number of Topliss-reactive ketones (excluding diaryl/α,β-unsaturated/α-hetero) is 1. The van der Waals surface area contributed by atoms with E-state index in [9.17, 15) is 19.5 Å². The predicted molar refractivity (Wildman–Crippen MR) is 174 cm³/mol. The van der Waals surface area contributed by atoms with Crippen LogP contribution in [0.1, 0.15) is 65.0 Å². The molecular weight excluding hydrogens is 640 g/mol. The van der Waals surface area contributed by atoms with E-state index in [2.05, 4.69) is 0 Å². The third-order valence-corrected chi connectivity index (χ3v) is 8.70. The summed E-state index contributed by atoms with van der Waals surface area (Å²) in [5.74, 6) is -0.976. The number of fused-ring (bicyclic) bond motifs is 5. The summed E-state index contributed by atoms with van der Waals surface area (Å²) >= 11 is 0. The van der Waals surface area contributed by atoms with Gasteiger partial charge in [0.15, 0.2) is 5.78 Å². The minimum atomic E-state index is -0.345. The molecule has 0 unspecified atom stereocenters. The number of carbonyl (C=O) groups is 3. The molecule has 0 radical (unpaired) electrons. The van der Waals surface area contributed by atoms with E-state index in [0.717, 1.165) is 22.3 Å². The Kier molecular flexibility index (Phi) is 10.5. The van der Waals surface area contributed by atoms with Crippen LogP contribution in [-0.4, -0.2) is 49.1 Å². The zero-order valence-corrected chi connectivity index (χ0v) is 28.8. The average Bonchev–Trinajstić information content (AvgIpc) is 3.67. The normalized spacial score (nSPS) is 18.0. The Bertz CT molecular complexity index is 2020. The third-order valence-electron chi connectivity index (χ3n) is 8.70. The van der Waals surface area contributed by atoms with Crippen LogP contribution in [0.4, 0.5) is 0 Å². The average molecular weight is 677 g/mol. The summed E-state index contributed by atoms with van der Waals surface area (Å²) < 4.78 is 9.82. The van der Waals surface area contributed by atoms with Gasteiger partial charge >= 0.3 is 29.0 Å². The Morgan fingerprint density at radius 2 is 1.36 bits per heavy atom. The molecule has 0 amide bonds. The predicted octanol–water partition coefficient (Wildman–Crippen LogP) is 2.85. The van der Waals surface area contributed by atoms with Crippen LogP contribution < -0.4 is 20.8 Å². The van der Waals surface area contributed by atoms with Crippen molar-refractivity contribution in [3.63, 3.8) is 0 Å². The second-order valence-electron chi connectivity index (χ2n) is 11.6. The van der Waals surface area contributed by atoms with Crippen LogP contribution in [0.15, 0.2) is 83.4 Å². The molecule has 0 saturated carbocycles. The van der Waals surface area contributed by atoms with Crippen molar-refractivity contribution in [3.05, 3.63) is 90.3 Å². The first-order chi connectivity index (χ1) is 21.8. The zero-order chi connectivity index (χ0) is 33.4. The van der Waals surface area contributed by atoms with Crippen molar-refractivity contribution >= 4 is 47.0 Å². The van der Waals surface area contributed by atoms with Crippen molar-refractivity contribution in [1.82, 2.24) is 4.98 Å². The molecule has 0 saturated heterocycles. The van der Waals surface area contributed by atoms with Crippen LogP contribution in [-0.2, 0) is 47.3 Å². The molecule has 0 aromatic carbocycles. The fraction of sp³-hybridized carbons (Fsp3) is 0.333. The molecule has 0 atom stereocenters. The molecule has 4 aliphatic rings. The van der Waals surface area contributed by atoms with Gasteiger partial charge in [0.1, 0.15) is 0 Å². The summed E-state index contributed by atoms with van der Waals surface area (Å²) in [7, 11) is 2.71. The number of hydrogen-bond acceptors (Lipinski definition) is 9. The van der Waals surface area contributed by atoms with Crippen LogP contribution in [0.5, 0.6) is 0 Å². The van der Waals surface area contributed by atoms with Crippen LogP contribution in [0.2, 0.25) is 0 Å². The van der Waals surface area contributed by atoms with Crippen LogP contribution in [0.25, 0.3) is 12.2 Å². The Morgan fingerprint density at radius 3 is 1.98 bits per heavy atom. The molecule has 47 heavy (non-hydrogen) atoms. The van der Waals surface area contributed by atoms with Gasteiger partial charge in [-0.2, -0.15) is 0 Å². The molecular formula is C36H36FeN4O6. The maximum Gasteiger partial charge on any atom is 2.00 e. The van der Waals surface area contributed by atoms with E-state index in [1.165, 1.54) is 28.1 Å². The minimum Gasteiger partial charge on any atom is -0.875 e. The van der Waals surface area contributed by atoms with Crippen LogP contribution >= 0.6 is 0 Å². The van der Waals surface area contributed by atoms with Gasteiger partial charge in [0.25, 0.3) is 0 Å². The van der Waals surface area contributed by atoms with Gasteiger partial charge in [-0.25, -0.2) is 15.0 Å². The van der Waals surface area contributed by atoms with E-state index in [4.69, 9.17) is 29.4 Å². The third kappa shape index (κ3) is 6.77. The summed E-state index contributed by atoms with van der Waals surface area (Å²) in [5, 5.41) is 14.2. The molecule has 0 spiro atoms. The SMILES string of the molecule is COC(=O)CCC1=C(C)C2=CC3=NC(=C(C)/C3=C(\C)[O-])C=C3N=C(C=c4[n-]c(c(CCC(=O)OC)c4C)=CC1=N2)C(C)=C3C(C)=O.[Fe+2]. The van der Waals surface area contributed by atoms with Crippen molar-refractivity contribution in [2.45, 2.75) is 67.2 Å². The second kappa shape index (κ2) is 14.0. The fourth-order valence-electron chi connectivity index (χ4n) is 6.14. The summed E-state index contributed by atoms with van der Waals surface area (Å²) in [5.41, 5.74) is 8.97. The Hall–Kier alpha value is -4.60. The minimum absolute atomic E-state index is 0. The fourth-order valence-corrected chi connectivity index (χ4v) is 6.14. The second-order valence-corrected chi connectivity index (χ2v) is 11.6. The number of nitrogens with zero attached hydrogens (tertiary/aromatic N) is 4. The number of carbonyl (C=O) groups excluding carboxylic acids is 3. The maximum absolute atomic E-state index is 12.9. The standard InChI is InChI=1S/C36H38N4O6.Fe/c1-17-23(9-11-33(43)45-7)29-16-30-24(10-12-34(44)46-8)18(2)26(38-30)14-31-36(22(6)42)20(4)28(40-31)15-32-35(21(5)41)19(3)27(39-32)13-25(17)37-29;/h13-16H,9-12H2,1-8H3,(H2,37,38,39,40,41,42);/q;+2/p-2. The van der Waals surface area contributed by atoms with Crippen molar-refractivity contribution in [2.75, 3.05) is 14.2 Å². The Balaban J connectivity index is 0.00000500. The van der Waals surface area contributed by atoms with E-state index in [1.807, 2.05) is 39.8 Å². The summed E-state index contributed by atoms with van der Waals surface area (Å²) in [6.45, 7) is 10.5. The maximum atomic E-state index is 12.9. The summed E-state index contributed by atoms with van der Waals surface area (Å²) in [4.78, 5) is 56.8. The summed E-state index contributed by atoms with van der Waals surface area (Å²) in [6.07, 6.45) is 8.31. The first-order valence-corrected chi connectivity index (χ1v) is 15.1. The van der Waals surface area contributed by atoms with Crippen molar-refractivity contribution in [2.24, 2.45) is 15.0 Å². The van der Waals surface area contributed by atoms with Gasteiger partial charge in [0.05, 0.1) is 48.4 Å². The first-order valence-electron chi connectivity index (χ1n) is 15.1. The molecule has 5 heterocycles. The van der Waals surface area contributed by atoms with E-state index in [1.54, 1.807) is 12.2 Å². The van der Waals surface area contributed by atoms with Gasteiger partial charge in [0, 0.05) is 18.4 Å². The van der Waals surface area contributed by atoms with Gasteiger partial charge in [-0.05, 0) is 87.5 Å².